The lowest BCUT2D eigenvalue weighted by atomic mass is 10.2. The van der Waals surface area contributed by atoms with E-state index in [-0.39, 0.29) is 41.8 Å². The van der Waals surface area contributed by atoms with E-state index in [1.165, 1.54) is 22.5 Å². The van der Waals surface area contributed by atoms with E-state index in [1.54, 1.807) is 11.0 Å². The van der Waals surface area contributed by atoms with Crippen LogP contribution in [0, 0.1) is 11.3 Å². The van der Waals surface area contributed by atoms with E-state index in [1.807, 2.05) is 6.07 Å². The molecule has 1 aliphatic rings. The van der Waals surface area contributed by atoms with Crippen LogP contribution >= 0.6 is 11.3 Å². The monoisotopic (exact) mass is 402 g/mol. The van der Waals surface area contributed by atoms with Gasteiger partial charge in [-0.05, 0) is 12.1 Å². The number of hydrogen-bond acceptors (Lipinski definition) is 6. The standard InChI is InChI=1S/C15H13F3N4O2S2/c16-15(17,18)13-10-20-14(25-13)21-5-7-22(8-6-21)26(23,24)12-4-2-1-3-11(12)9-19/h1-4,10H,5-8H2. The Balaban J connectivity index is 1.74. The van der Waals surface area contributed by atoms with Crippen LogP contribution in [0.15, 0.2) is 35.4 Å². The Morgan fingerprint density at radius 3 is 2.38 bits per heavy atom. The van der Waals surface area contributed by atoms with E-state index in [0.717, 1.165) is 6.20 Å². The van der Waals surface area contributed by atoms with Crippen molar-refractivity contribution in [1.82, 2.24) is 9.29 Å². The Hall–Kier alpha value is -2.16. The van der Waals surface area contributed by atoms with E-state index in [2.05, 4.69) is 4.98 Å². The number of hydrogen-bond donors (Lipinski definition) is 0. The highest BCUT2D eigenvalue weighted by Gasteiger charge is 2.35. The summed E-state index contributed by atoms with van der Waals surface area (Å²) < 4.78 is 64.8. The van der Waals surface area contributed by atoms with Gasteiger partial charge in [0, 0.05) is 26.2 Å². The van der Waals surface area contributed by atoms with Crippen molar-refractivity contribution in [2.75, 3.05) is 31.1 Å². The van der Waals surface area contributed by atoms with E-state index in [9.17, 15) is 21.6 Å². The van der Waals surface area contributed by atoms with Crippen LogP contribution in [-0.2, 0) is 16.2 Å². The molecule has 11 heteroatoms. The lowest BCUT2D eigenvalue weighted by Gasteiger charge is -2.33. The molecule has 2 heterocycles. The molecule has 1 aromatic carbocycles. The molecule has 0 atom stereocenters. The molecule has 1 aliphatic heterocycles. The van der Waals surface area contributed by atoms with Crippen LogP contribution in [0.3, 0.4) is 0 Å². The predicted octanol–water partition coefficient (Wildman–Crippen LogP) is 2.54. The Morgan fingerprint density at radius 2 is 1.81 bits per heavy atom. The smallest absolute Gasteiger partial charge is 0.345 e. The molecule has 0 unspecified atom stereocenters. The summed E-state index contributed by atoms with van der Waals surface area (Å²) in [6.45, 7) is 0.642. The predicted molar refractivity (Wildman–Crippen MR) is 89.2 cm³/mol. The molecule has 1 aromatic heterocycles. The molecule has 0 N–H and O–H groups in total. The highest BCUT2D eigenvalue weighted by Crippen LogP contribution is 2.36. The van der Waals surface area contributed by atoms with Crippen molar-refractivity contribution >= 4 is 26.5 Å². The van der Waals surface area contributed by atoms with E-state index in [4.69, 9.17) is 5.26 Å². The van der Waals surface area contributed by atoms with Crippen molar-refractivity contribution in [3.05, 3.63) is 40.9 Å². The number of nitrogens with zero attached hydrogens (tertiary/aromatic N) is 4. The molecular formula is C15H13F3N4O2S2. The third-order valence-corrected chi connectivity index (χ3v) is 6.97. The third-order valence-electron chi connectivity index (χ3n) is 3.91. The minimum Gasteiger partial charge on any atom is -0.345 e. The van der Waals surface area contributed by atoms with Crippen LogP contribution in [0.25, 0.3) is 0 Å². The summed E-state index contributed by atoms with van der Waals surface area (Å²) in [5.41, 5.74) is 0.0599. The zero-order valence-corrected chi connectivity index (χ0v) is 14.9. The molecule has 6 nitrogen and oxygen atoms in total. The first-order chi connectivity index (χ1) is 12.2. The van der Waals surface area contributed by atoms with Crippen molar-refractivity contribution in [3.63, 3.8) is 0 Å². The molecule has 0 radical (unpaired) electrons. The average Bonchev–Trinajstić information content (AvgIpc) is 3.12. The Kier molecular flexibility index (Phi) is 4.92. The lowest BCUT2D eigenvalue weighted by molar-refractivity contribution is -0.134. The molecule has 1 fully saturated rings. The van der Waals surface area contributed by atoms with Gasteiger partial charge in [-0.25, -0.2) is 13.4 Å². The van der Waals surface area contributed by atoms with E-state index >= 15 is 0 Å². The Labute approximate surface area is 152 Å². The van der Waals surface area contributed by atoms with Gasteiger partial charge in [0.25, 0.3) is 0 Å². The first kappa shape index (κ1) is 18.6. The summed E-state index contributed by atoms with van der Waals surface area (Å²) in [7, 11) is -3.84. The maximum Gasteiger partial charge on any atom is 0.427 e. The summed E-state index contributed by atoms with van der Waals surface area (Å²) in [4.78, 5) is 4.57. The maximum absolute atomic E-state index is 12.7. The zero-order chi connectivity index (χ0) is 18.9. The lowest BCUT2D eigenvalue weighted by Crippen LogP contribution is -2.48. The average molecular weight is 402 g/mol. The van der Waals surface area contributed by atoms with Crippen LogP contribution in [-0.4, -0.2) is 43.9 Å². The normalized spacial score (nSPS) is 16.5. The molecule has 1 saturated heterocycles. The highest BCUT2D eigenvalue weighted by atomic mass is 32.2. The van der Waals surface area contributed by atoms with Gasteiger partial charge in [-0.2, -0.15) is 22.7 Å². The topological polar surface area (TPSA) is 77.3 Å². The summed E-state index contributed by atoms with van der Waals surface area (Å²) >= 11 is 0.536. The van der Waals surface area contributed by atoms with Crippen LogP contribution < -0.4 is 4.90 Å². The minimum atomic E-state index is -4.44. The molecule has 0 saturated carbocycles. The minimum absolute atomic E-state index is 0.0599. The third kappa shape index (κ3) is 3.53. The number of piperazine rings is 1. The number of anilines is 1. The van der Waals surface area contributed by atoms with Crippen LogP contribution in [0.2, 0.25) is 0 Å². The van der Waals surface area contributed by atoms with Gasteiger partial charge in [0.05, 0.1) is 16.7 Å². The van der Waals surface area contributed by atoms with E-state index < -0.39 is 21.1 Å². The number of nitriles is 1. The highest BCUT2D eigenvalue weighted by molar-refractivity contribution is 7.89. The summed E-state index contributed by atoms with van der Waals surface area (Å²) in [6.07, 6.45) is -3.66. The van der Waals surface area contributed by atoms with Crippen LogP contribution in [0.5, 0.6) is 0 Å². The zero-order valence-electron chi connectivity index (χ0n) is 13.3. The fourth-order valence-corrected chi connectivity index (χ4v) is 4.98. The number of benzene rings is 1. The van der Waals surface area contributed by atoms with Crippen molar-refractivity contribution in [3.8, 4) is 6.07 Å². The van der Waals surface area contributed by atoms with Gasteiger partial charge in [0.1, 0.15) is 10.9 Å². The summed E-state index contributed by atoms with van der Waals surface area (Å²) in [6, 6.07) is 7.78. The second-order valence-corrected chi connectivity index (χ2v) is 8.42. The molecule has 0 spiro atoms. The van der Waals surface area contributed by atoms with Crippen molar-refractivity contribution in [2.45, 2.75) is 11.1 Å². The molecule has 0 bridgehead atoms. The second kappa shape index (κ2) is 6.86. The molecule has 138 valence electrons. The Morgan fingerprint density at radius 1 is 1.15 bits per heavy atom. The number of thiazole rings is 1. The molecule has 0 aliphatic carbocycles. The fourth-order valence-electron chi connectivity index (χ4n) is 2.58. The molecule has 0 amide bonds. The first-order valence-corrected chi connectivity index (χ1v) is 9.76. The van der Waals surface area contributed by atoms with Gasteiger partial charge in [0.2, 0.25) is 10.0 Å². The van der Waals surface area contributed by atoms with Gasteiger partial charge < -0.3 is 4.90 Å². The maximum atomic E-state index is 12.7. The SMILES string of the molecule is N#Cc1ccccc1S(=O)(=O)N1CCN(c2ncc(C(F)(F)F)s2)CC1. The number of alkyl halides is 3. The van der Waals surface area contributed by atoms with Crippen molar-refractivity contribution < 1.29 is 21.6 Å². The summed E-state index contributed by atoms with van der Waals surface area (Å²) in [5, 5.41) is 9.31. The number of rotatable bonds is 3. The van der Waals surface area contributed by atoms with Crippen LogP contribution in [0.1, 0.15) is 10.4 Å². The number of halogens is 3. The van der Waals surface area contributed by atoms with Gasteiger partial charge in [0.15, 0.2) is 5.13 Å². The van der Waals surface area contributed by atoms with Gasteiger partial charge >= 0.3 is 6.18 Å². The van der Waals surface area contributed by atoms with Gasteiger partial charge in [-0.1, -0.05) is 23.5 Å². The fraction of sp³-hybridized carbons (Fsp3) is 0.333. The van der Waals surface area contributed by atoms with Gasteiger partial charge in [-0.3, -0.25) is 0 Å². The second-order valence-electron chi connectivity index (χ2n) is 5.50. The molecular weight excluding hydrogens is 389 g/mol. The number of aromatic nitrogens is 1. The quantitative estimate of drug-likeness (QED) is 0.789. The molecule has 3 rings (SSSR count). The largest absolute Gasteiger partial charge is 0.427 e. The Bertz CT molecular complexity index is 942. The first-order valence-electron chi connectivity index (χ1n) is 7.51. The van der Waals surface area contributed by atoms with Crippen LogP contribution in [0.4, 0.5) is 18.3 Å². The number of sulfonamides is 1. The van der Waals surface area contributed by atoms with E-state index in [0.29, 0.717) is 11.3 Å². The van der Waals surface area contributed by atoms with Crippen molar-refractivity contribution in [2.24, 2.45) is 0 Å². The van der Waals surface area contributed by atoms with Crippen molar-refractivity contribution in [1.29, 1.82) is 5.26 Å². The molecule has 2 aromatic rings. The molecule has 26 heavy (non-hydrogen) atoms. The summed E-state index contributed by atoms with van der Waals surface area (Å²) in [5.74, 6) is 0. The van der Waals surface area contributed by atoms with Gasteiger partial charge in [-0.15, -0.1) is 0 Å².